The number of rotatable bonds is 6. The van der Waals surface area contributed by atoms with Gasteiger partial charge < -0.3 is 15.3 Å². The molecule has 0 aliphatic carbocycles. The fraction of sp³-hybridized carbons (Fsp3) is 0.571. The second kappa shape index (κ2) is 6.03. The van der Waals surface area contributed by atoms with Crippen LogP contribution < -0.4 is 10.2 Å². The number of aliphatic hydroxyl groups is 1. The number of fused-ring (bicyclic) bond motifs is 1. The molecular formula is C14H22N2O. The van der Waals surface area contributed by atoms with Crippen LogP contribution in [0.5, 0.6) is 0 Å². The van der Waals surface area contributed by atoms with E-state index in [4.69, 9.17) is 0 Å². The smallest absolute Gasteiger partial charge is 0.0601 e. The summed E-state index contributed by atoms with van der Waals surface area (Å²) in [6, 6.07) is 8.74. The topological polar surface area (TPSA) is 35.5 Å². The summed E-state index contributed by atoms with van der Waals surface area (Å²) in [7, 11) is 0. The standard InChI is InChI=1S/C14H22N2O/c1-2-8-15-13(11-17)10-16-9-7-12-5-3-4-6-14(12)16/h3-6,13,15,17H,2,7-11H2,1H3. The first-order valence-corrected chi connectivity index (χ1v) is 6.52. The van der Waals surface area contributed by atoms with E-state index >= 15 is 0 Å². The van der Waals surface area contributed by atoms with Gasteiger partial charge in [-0.25, -0.2) is 0 Å². The maximum absolute atomic E-state index is 9.37. The number of hydrogen-bond donors (Lipinski definition) is 2. The van der Waals surface area contributed by atoms with E-state index < -0.39 is 0 Å². The third-order valence-corrected chi connectivity index (χ3v) is 3.33. The van der Waals surface area contributed by atoms with Crippen LogP contribution in [0.1, 0.15) is 18.9 Å². The molecule has 0 radical (unpaired) electrons. The molecule has 1 atom stereocenters. The molecule has 1 aliphatic rings. The van der Waals surface area contributed by atoms with Crippen molar-refractivity contribution < 1.29 is 5.11 Å². The largest absolute Gasteiger partial charge is 0.395 e. The molecule has 1 unspecified atom stereocenters. The van der Waals surface area contributed by atoms with Gasteiger partial charge in [0.25, 0.3) is 0 Å². The minimum absolute atomic E-state index is 0.182. The molecule has 1 heterocycles. The Kier molecular flexibility index (Phi) is 4.40. The summed E-state index contributed by atoms with van der Waals surface area (Å²) < 4.78 is 0. The van der Waals surface area contributed by atoms with Gasteiger partial charge in [-0.05, 0) is 31.0 Å². The Hall–Kier alpha value is -1.06. The summed E-state index contributed by atoms with van der Waals surface area (Å²) in [5.41, 5.74) is 2.77. The van der Waals surface area contributed by atoms with Gasteiger partial charge in [0.2, 0.25) is 0 Å². The average molecular weight is 234 g/mol. The van der Waals surface area contributed by atoms with Crippen LogP contribution in [0, 0.1) is 0 Å². The third-order valence-electron chi connectivity index (χ3n) is 3.33. The van der Waals surface area contributed by atoms with Crippen molar-refractivity contribution >= 4 is 5.69 Å². The van der Waals surface area contributed by atoms with E-state index in [1.807, 2.05) is 0 Å². The summed E-state index contributed by atoms with van der Waals surface area (Å²) in [6.45, 7) is 5.29. The summed E-state index contributed by atoms with van der Waals surface area (Å²) in [5.74, 6) is 0. The highest BCUT2D eigenvalue weighted by Crippen LogP contribution is 2.27. The fourth-order valence-electron chi connectivity index (χ4n) is 2.40. The van der Waals surface area contributed by atoms with Gasteiger partial charge in [0.1, 0.15) is 0 Å². The predicted octanol–water partition coefficient (Wildman–Crippen LogP) is 1.41. The number of nitrogens with one attached hydrogen (secondary N) is 1. The van der Waals surface area contributed by atoms with E-state index in [-0.39, 0.29) is 12.6 Å². The summed E-state index contributed by atoms with van der Waals surface area (Å²) in [4.78, 5) is 2.37. The maximum Gasteiger partial charge on any atom is 0.0601 e. The SMILES string of the molecule is CCCNC(CO)CN1CCc2ccccc21. The molecule has 0 fully saturated rings. The second-order valence-corrected chi connectivity index (χ2v) is 4.66. The lowest BCUT2D eigenvalue weighted by atomic mass is 10.2. The van der Waals surface area contributed by atoms with Crippen LogP contribution in [-0.2, 0) is 6.42 Å². The number of hydrogen-bond acceptors (Lipinski definition) is 3. The normalized spacial score (nSPS) is 16.0. The van der Waals surface area contributed by atoms with Gasteiger partial charge >= 0.3 is 0 Å². The lowest BCUT2D eigenvalue weighted by Crippen LogP contribution is -2.43. The zero-order valence-electron chi connectivity index (χ0n) is 10.5. The quantitative estimate of drug-likeness (QED) is 0.781. The third kappa shape index (κ3) is 2.99. The minimum Gasteiger partial charge on any atom is -0.395 e. The molecule has 0 amide bonds. The highest BCUT2D eigenvalue weighted by molar-refractivity contribution is 5.57. The molecule has 1 aromatic rings. The highest BCUT2D eigenvalue weighted by atomic mass is 16.3. The molecule has 94 valence electrons. The summed E-state index contributed by atoms with van der Waals surface area (Å²) >= 11 is 0. The molecule has 0 saturated carbocycles. The van der Waals surface area contributed by atoms with Crippen molar-refractivity contribution in [1.82, 2.24) is 5.32 Å². The molecule has 1 aromatic carbocycles. The van der Waals surface area contributed by atoms with Crippen molar-refractivity contribution in [3.05, 3.63) is 29.8 Å². The van der Waals surface area contributed by atoms with Crippen LogP contribution in [0.2, 0.25) is 0 Å². The van der Waals surface area contributed by atoms with Gasteiger partial charge in [-0.1, -0.05) is 25.1 Å². The van der Waals surface area contributed by atoms with Crippen molar-refractivity contribution in [1.29, 1.82) is 0 Å². The van der Waals surface area contributed by atoms with Crippen molar-refractivity contribution in [2.24, 2.45) is 0 Å². The molecule has 0 saturated heterocycles. The van der Waals surface area contributed by atoms with Crippen LogP contribution >= 0.6 is 0 Å². The molecule has 3 nitrogen and oxygen atoms in total. The van der Waals surface area contributed by atoms with Crippen LogP contribution in [0.3, 0.4) is 0 Å². The molecule has 0 bridgehead atoms. The van der Waals surface area contributed by atoms with E-state index in [1.165, 1.54) is 11.3 Å². The van der Waals surface area contributed by atoms with Gasteiger partial charge in [-0.2, -0.15) is 0 Å². The highest BCUT2D eigenvalue weighted by Gasteiger charge is 2.20. The average Bonchev–Trinajstić information content (AvgIpc) is 2.78. The molecule has 2 N–H and O–H groups in total. The van der Waals surface area contributed by atoms with Crippen LogP contribution in [-0.4, -0.2) is 37.4 Å². The Morgan fingerprint density at radius 2 is 2.24 bits per heavy atom. The Bertz CT molecular complexity index is 354. The van der Waals surface area contributed by atoms with Crippen molar-refractivity contribution in [3.8, 4) is 0 Å². The summed E-state index contributed by atoms with van der Waals surface area (Å²) in [6.07, 6.45) is 2.23. The predicted molar refractivity (Wildman–Crippen MR) is 71.5 cm³/mol. The number of nitrogens with zero attached hydrogens (tertiary/aromatic N) is 1. The molecule has 3 heteroatoms. The summed E-state index contributed by atoms with van der Waals surface area (Å²) in [5, 5.41) is 12.8. The number of anilines is 1. The van der Waals surface area contributed by atoms with Gasteiger partial charge in [0.15, 0.2) is 0 Å². The number of para-hydroxylation sites is 1. The zero-order chi connectivity index (χ0) is 12.1. The zero-order valence-corrected chi connectivity index (χ0v) is 10.5. The lowest BCUT2D eigenvalue weighted by molar-refractivity contribution is 0.244. The molecule has 0 spiro atoms. The molecule has 17 heavy (non-hydrogen) atoms. The Balaban J connectivity index is 1.95. The van der Waals surface area contributed by atoms with Crippen LogP contribution in [0.15, 0.2) is 24.3 Å². The van der Waals surface area contributed by atoms with Gasteiger partial charge in [0, 0.05) is 24.8 Å². The van der Waals surface area contributed by atoms with Crippen LogP contribution in [0.4, 0.5) is 5.69 Å². The molecule has 1 aliphatic heterocycles. The van der Waals surface area contributed by atoms with Gasteiger partial charge in [-0.3, -0.25) is 0 Å². The number of aliphatic hydroxyl groups excluding tert-OH is 1. The minimum atomic E-state index is 0.182. The fourth-order valence-corrected chi connectivity index (χ4v) is 2.40. The van der Waals surface area contributed by atoms with Crippen molar-refractivity contribution in [2.75, 3.05) is 31.1 Å². The monoisotopic (exact) mass is 234 g/mol. The maximum atomic E-state index is 9.37. The van der Waals surface area contributed by atoms with Crippen molar-refractivity contribution in [2.45, 2.75) is 25.8 Å². The Labute approximate surface area is 103 Å². The number of benzene rings is 1. The first kappa shape index (κ1) is 12.4. The van der Waals surface area contributed by atoms with E-state index in [2.05, 4.69) is 41.4 Å². The molecule has 2 rings (SSSR count). The lowest BCUT2D eigenvalue weighted by Gasteiger charge is -2.25. The molecular weight excluding hydrogens is 212 g/mol. The van der Waals surface area contributed by atoms with Crippen LogP contribution in [0.25, 0.3) is 0 Å². The van der Waals surface area contributed by atoms with Gasteiger partial charge in [-0.15, -0.1) is 0 Å². The van der Waals surface area contributed by atoms with Crippen molar-refractivity contribution in [3.63, 3.8) is 0 Å². The van der Waals surface area contributed by atoms with E-state index in [9.17, 15) is 5.11 Å². The molecule has 0 aromatic heterocycles. The van der Waals surface area contributed by atoms with E-state index in [1.54, 1.807) is 0 Å². The Morgan fingerprint density at radius 1 is 1.41 bits per heavy atom. The van der Waals surface area contributed by atoms with E-state index in [0.717, 1.165) is 32.5 Å². The first-order valence-electron chi connectivity index (χ1n) is 6.52. The Morgan fingerprint density at radius 3 is 3.00 bits per heavy atom. The van der Waals surface area contributed by atoms with E-state index in [0.29, 0.717) is 0 Å². The first-order chi connectivity index (χ1) is 8.35. The second-order valence-electron chi connectivity index (χ2n) is 4.66. The van der Waals surface area contributed by atoms with Gasteiger partial charge in [0.05, 0.1) is 6.61 Å².